The van der Waals surface area contributed by atoms with Crippen LogP contribution in [0.5, 0.6) is 0 Å². The molecule has 29 heavy (non-hydrogen) atoms. The third kappa shape index (κ3) is 4.16. The summed E-state index contributed by atoms with van der Waals surface area (Å²) in [5.74, 6) is -0.130. The van der Waals surface area contributed by atoms with Gasteiger partial charge in [-0.05, 0) is 48.7 Å². The molecule has 1 amide bonds. The first-order valence-electron chi connectivity index (χ1n) is 9.00. The van der Waals surface area contributed by atoms with Gasteiger partial charge in [0.2, 0.25) is 5.91 Å². The van der Waals surface area contributed by atoms with Gasteiger partial charge in [-0.3, -0.25) is 4.79 Å². The smallest absolute Gasteiger partial charge is 0.234 e. The first kappa shape index (κ1) is 19.5. The van der Waals surface area contributed by atoms with Crippen molar-refractivity contribution in [2.75, 3.05) is 11.1 Å². The fourth-order valence-electron chi connectivity index (χ4n) is 3.01. The minimum Gasteiger partial charge on any atom is -0.325 e. The number of aryl methyl sites for hydroxylation is 1. The van der Waals surface area contributed by atoms with E-state index in [4.69, 9.17) is 0 Å². The normalized spacial score (nSPS) is 11.0. The molecule has 0 aliphatic rings. The second-order valence-corrected chi connectivity index (χ2v) is 8.42. The second-order valence-electron chi connectivity index (χ2n) is 6.60. The van der Waals surface area contributed by atoms with Crippen molar-refractivity contribution in [1.82, 2.24) is 9.97 Å². The van der Waals surface area contributed by atoms with Crippen LogP contribution in [0, 0.1) is 19.7 Å². The highest BCUT2D eigenvalue weighted by atomic mass is 32.2. The molecule has 0 fully saturated rings. The van der Waals surface area contributed by atoms with Crippen LogP contribution in [0.4, 0.5) is 10.1 Å². The number of halogens is 1. The fourth-order valence-corrected chi connectivity index (χ4v) is 4.80. The number of hydrogen-bond donors (Lipinski definition) is 1. The standard InChI is InChI=1S/C22H18FN3OS2/c1-13-4-3-5-18(14(13)2)26-19(27)11-29-22-20-17(10-28-21(20)24-12-25-22)15-6-8-16(23)9-7-15/h3-10,12H,11H2,1-2H3,(H,26,27). The summed E-state index contributed by atoms with van der Waals surface area (Å²) in [6.07, 6.45) is 1.51. The number of aromatic nitrogens is 2. The van der Waals surface area contributed by atoms with Gasteiger partial charge < -0.3 is 5.32 Å². The van der Waals surface area contributed by atoms with Crippen LogP contribution in [0.25, 0.3) is 21.3 Å². The van der Waals surface area contributed by atoms with Crippen LogP contribution in [0.3, 0.4) is 0 Å². The molecule has 2 heterocycles. The van der Waals surface area contributed by atoms with Crippen LogP contribution in [0.15, 0.2) is 59.2 Å². The van der Waals surface area contributed by atoms with Crippen molar-refractivity contribution in [2.45, 2.75) is 18.9 Å². The highest BCUT2D eigenvalue weighted by molar-refractivity contribution is 8.00. The van der Waals surface area contributed by atoms with Crippen LogP contribution >= 0.6 is 23.1 Å². The Kier molecular flexibility index (Phi) is 5.60. The maximum atomic E-state index is 13.3. The molecule has 7 heteroatoms. The van der Waals surface area contributed by atoms with Crippen molar-refractivity contribution in [3.8, 4) is 11.1 Å². The Morgan fingerprint density at radius 1 is 1.14 bits per heavy atom. The molecule has 0 aliphatic heterocycles. The van der Waals surface area contributed by atoms with Crippen LogP contribution in [-0.4, -0.2) is 21.6 Å². The molecular formula is C22H18FN3OS2. The summed E-state index contributed by atoms with van der Waals surface area (Å²) in [6, 6.07) is 12.2. The fraction of sp³-hybridized carbons (Fsp3) is 0.136. The van der Waals surface area contributed by atoms with Crippen molar-refractivity contribution in [2.24, 2.45) is 0 Å². The predicted octanol–water partition coefficient (Wildman–Crippen LogP) is 5.85. The molecule has 0 spiro atoms. The average molecular weight is 424 g/mol. The van der Waals surface area contributed by atoms with E-state index in [1.165, 1.54) is 41.6 Å². The molecule has 0 saturated carbocycles. The van der Waals surface area contributed by atoms with Crippen LogP contribution in [0.2, 0.25) is 0 Å². The third-order valence-corrected chi connectivity index (χ3v) is 6.59. The van der Waals surface area contributed by atoms with Crippen molar-refractivity contribution in [3.63, 3.8) is 0 Å². The Hall–Kier alpha value is -2.77. The first-order chi connectivity index (χ1) is 14.0. The lowest BCUT2D eigenvalue weighted by molar-refractivity contribution is -0.113. The van der Waals surface area contributed by atoms with Crippen molar-refractivity contribution in [3.05, 3.63) is 71.1 Å². The predicted molar refractivity (Wildman–Crippen MR) is 118 cm³/mol. The molecule has 0 saturated heterocycles. The lowest BCUT2D eigenvalue weighted by Gasteiger charge is -2.10. The van der Waals surface area contributed by atoms with Gasteiger partial charge >= 0.3 is 0 Å². The van der Waals surface area contributed by atoms with Gasteiger partial charge in [0.1, 0.15) is 22.0 Å². The monoisotopic (exact) mass is 423 g/mol. The van der Waals surface area contributed by atoms with Crippen LogP contribution in [-0.2, 0) is 4.79 Å². The largest absolute Gasteiger partial charge is 0.325 e. The van der Waals surface area contributed by atoms with Crippen molar-refractivity contribution in [1.29, 1.82) is 0 Å². The second kappa shape index (κ2) is 8.31. The van der Waals surface area contributed by atoms with Crippen LogP contribution < -0.4 is 5.32 Å². The molecule has 0 aliphatic carbocycles. The van der Waals surface area contributed by atoms with Gasteiger partial charge in [-0.1, -0.05) is 36.0 Å². The minimum absolute atomic E-state index is 0.0889. The summed E-state index contributed by atoms with van der Waals surface area (Å²) in [5, 5.41) is 6.61. The van der Waals surface area contributed by atoms with E-state index in [1.54, 1.807) is 12.1 Å². The number of thioether (sulfide) groups is 1. The van der Waals surface area contributed by atoms with E-state index in [1.807, 2.05) is 37.4 Å². The third-order valence-electron chi connectivity index (χ3n) is 4.71. The number of anilines is 1. The van der Waals surface area contributed by atoms with Gasteiger partial charge in [0.25, 0.3) is 0 Å². The van der Waals surface area contributed by atoms with E-state index in [9.17, 15) is 9.18 Å². The summed E-state index contributed by atoms with van der Waals surface area (Å²) in [7, 11) is 0. The Bertz CT molecular complexity index is 1190. The topological polar surface area (TPSA) is 54.9 Å². The summed E-state index contributed by atoms with van der Waals surface area (Å²) < 4.78 is 13.3. The number of nitrogens with zero attached hydrogens (tertiary/aromatic N) is 2. The van der Waals surface area contributed by atoms with Gasteiger partial charge in [-0.25, -0.2) is 14.4 Å². The Morgan fingerprint density at radius 3 is 2.72 bits per heavy atom. The van der Waals surface area contributed by atoms with Crippen LogP contribution in [0.1, 0.15) is 11.1 Å². The number of thiophene rings is 1. The van der Waals surface area contributed by atoms with E-state index in [0.717, 1.165) is 43.2 Å². The van der Waals surface area contributed by atoms with E-state index in [2.05, 4.69) is 15.3 Å². The molecular weight excluding hydrogens is 405 g/mol. The summed E-state index contributed by atoms with van der Waals surface area (Å²) in [6.45, 7) is 4.01. The van der Waals surface area contributed by atoms with E-state index in [-0.39, 0.29) is 17.5 Å². The zero-order valence-corrected chi connectivity index (χ0v) is 17.5. The molecule has 0 bridgehead atoms. The van der Waals surface area contributed by atoms with Crippen molar-refractivity contribution >= 4 is 44.9 Å². The number of benzene rings is 2. The number of carbonyl (C=O) groups excluding carboxylic acids is 1. The summed E-state index contributed by atoms with van der Waals surface area (Å²) >= 11 is 2.88. The SMILES string of the molecule is Cc1cccc(NC(=O)CSc2ncnc3scc(-c4ccc(F)cc4)c23)c1C. The highest BCUT2D eigenvalue weighted by Gasteiger charge is 2.15. The Labute approximate surface area is 176 Å². The minimum atomic E-state index is -0.276. The van der Waals surface area contributed by atoms with E-state index >= 15 is 0 Å². The summed E-state index contributed by atoms with van der Waals surface area (Å²) in [5.41, 5.74) is 4.87. The van der Waals surface area contributed by atoms with Gasteiger partial charge in [0, 0.05) is 16.6 Å². The quantitative estimate of drug-likeness (QED) is 0.323. The lowest BCUT2D eigenvalue weighted by Crippen LogP contribution is -2.15. The molecule has 0 unspecified atom stereocenters. The van der Waals surface area contributed by atoms with E-state index in [0.29, 0.717) is 0 Å². The molecule has 4 rings (SSSR count). The van der Waals surface area contributed by atoms with Gasteiger partial charge in [0.15, 0.2) is 0 Å². The first-order valence-corrected chi connectivity index (χ1v) is 10.9. The van der Waals surface area contributed by atoms with Gasteiger partial charge in [-0.15, -0.1) is 11.3 Å². The zero-order valence-electron chi connectivity index (χ0n) is 15.9. The lowest BCUT2D eigenvalue weighted by atomic mass is 10.1. The molecule has 2 aromatic carbocycles. The molecule has 4 nitrogen and oxygen atoms in total. The van der Waals surface area contributed by atoms with Gasteiger partial charge in [-0.2, -0.15) is 0 Å². The molecule has 4 aromatic rings. The number of amides is 1. The molecule has 0 atom stereocenters. The summed E-state index contributed by atoms with van der Waals surface area (Å²) in [4.78, 5) is 22.1. The number of rotatable bonds is 5. The number of nitrogens with one attached hydrogen (secondary N) is 1. The average Bonchev–Trinajstić information content (AvgIpc) is 3.15. The number of hydrogen-bond acceptors (Lipinski definition) is 5. The number of carbonyl (C=O) groups is 1. The van der Waals surface area contributed by atoms with Gasteiger partial charge in [0.05, 0.1) is 11.1 Å². The molecule has 146 valence electrons. The highest BCUT2D eigenvalue weighted by Crippen LogP contribution is 2.37. The maximum absolute atomic E-state index is 13.3. The Balaban J connectivity index is 1.56. The molecule has 0 radical (unpaired) electrons. The maximum Gasteiger partial charge on any atom is 0.234 e. The van der Waals surface area contributed by atoms with E-state index < -0.39 is 0 Å². The Morgan fingerprint density at radius 2 is 1.93 bits per heavy atom. The number of fused-ring (bicyclic) bond motifs is 1. The zero-order chi connectivity index (χ0) is 20.4. The van der Waals surface area contributed by atoms with Crippen molar-refractivity contribution < 1.29 is 9.18 Å². The molecule has 1 N–H and O–H groups in total. The molecule has 2 aromatic heterocycles.